The fraction of sp³-hybridized carbons (Fsp3) is 0.296. The van der Waals surface area contributed by atoms with E-state index in [9.17, 15) is 19.5 Å². The van der Waals surface area contributed by atoms with Gasteiger partial charge >= 0.3 is 6.03 Å². The van der Waals surface area contributed by atoms with Gasteiger partial charge in [0.1, 0.15) is 5.57 Å². The molecule has 0 radical (unpaired) electrons. The fourth-order valence-electron chi connectivity index (χ4n) is 3.68. The van der Waals surface area contributed by atoms with Gasteiger partial charge in [0.15, 0.2) is 23.0 Å². The van der Waals surface area contributed by atoms with Crippen LogP contribution in [-0.2, 0) is 22.6 Å². The lowest BCUT2D eigenvalue weighted by Crippen LogP contribution is -2.53. The Morgan fingerprint density at radius 1 is 1.06 bits per heavy atom. The molecule has 1 fully saturated rings. The maximum Gasteiger partial charge on any atom is 0.331 e. The minimum Gasteiger partial charge on any atom is -0.504 e. The molecule has 2 aromatic carbocycles. The summed E-state index contributed by atoms with van der Waals surface area (Å²) in [7, 11) is 1.50. The van der Waals surface area contributed by atoms with Crippen LogP contribution in [0.25, 0.3) is 6.08 Å². The second kappa shape index (κ2) is 11.9. The minimum atomic E-state index is -0.819. The summed E-state index contributed by atoms with van der Waals surface area (Å²) in [4.78, 5) is 39.3. The summed E-state index contributed by atoms with van der Waals surface area (Å²) < 4.78 is 16.5. The number of hydrogen-bond acceptors (Lipinski definition) is 7. The Labute approximate surface area is 210 Å². The lowest BCUT2D eigenvalue weighted by Gasteiger charge is -2.26. The summed E-state index contributed by atoms with van der Waals surface area (Å²) in [6, 6.07) is 7.46. The number of nitrogens with one attached hydrogen (secondary N) is 1. The standard InChI is InChI=1S/C27H30N2O7/c1-5-8-19-12-18(15-23(24(19)30)35-7-3)13-20-25(31)28-27(33)29(26(20)32)16-17-9-10-21(36-11-6-2)22(14-17)34-4/h5,9-10,12-15,30H,1,6-8,11,16H2,2-4H3,(H,28,31,33)/b20-13+. The van der Waals surface area contributed by atoms with Crippen molar-refractivity contribution in [3.05, 3.63) is 65.3 Å². The highest BCUT2D eigenvalue weighted by molar-refractivity contribution is 6.31. The number of phenolic OH excluding ortho intramolecular Hbond substituents is 1. The largest absolute Gasteiger partial charge is 0.504 e. The number of methoxy groups -OCH3 is 1. The molecule has 1 heterocycles. The predicted molar refractivity (Wildman–Crippen MR) is 134 cm³/mol. The SMILES string of the molecule is C=CCc1cc(/C=C2\C(=O)NC(=O)N(Cc3ccc(OCCC)c(OC)c3)C2=O)cc(OCC)c1O. The summed E-state index contributed by atoms with van der Waals surface area (Å²) in [5, 5.41) is 12.6. The van der Waals surface area contributed by atoms with Crippen LogP contribution in [0.5, 0.6) is 23.0 Å². The van der Waals surface area contributed by atoms with Gasteiger partial charge in [0.25, 0.3) is 11.8 Å². The van der Waals surface area contributed by atoms with Crippen molar-refractivity contribution in [2.45, 2.75) is 33.2 Å². The molecule has 4 amide bonds. The molecule has 0 spiro atoms. The van der Waals surface area contributed by atoms with Crippen LogP contribution in [-0.4, -0.2) is 48.2 Å². The van der Waals surface area contributed by atoms with Gasteiger partial charge in [-0.15, -0.1) is 6.58 Å². The maximum absolute atomic E-state index is 13.2. The van der Waals surface area contributed by atoms with Crippen LogP contribution in [0, 0.1) is 0 Å². The number of urea groups is 1. The Kier molecular flexibility index (Phi) is 8.72. The molecule has 1 aliphatic heterocycles. The van der Waals surface area contributed by atoms with Crippen molar-refractivity contribution < 1.29 is 33.7 Å². The molecule has 0 saturated carbocycles. The van der Waals surface area contributed by atoms with Crippen molar-refractivity contribution in [3.63, 3.8) is 0 Å². The number of ether oxygens (including phenoxy) is 3. The Balaban J connectivity index is 1.93. The van der Waals surface area contributed by atoms with Crippen molar-refractivity contribution in [1.82, 2.24) is 10.2 Å². The highest BCUT2D eigenvalue weighted by atomic mass is 16.5. The third kappa shape index (κ3) is 5.86. The topological polar surface area (TPSA) is 114 Å². The third-order valence-corrected chi connectivity index (χ3v) is 5.37. The van der Waals surface area contributed by atoms with Crippen molar-refractivity contribution in [1.29, 1.82) is 0 Å². The molecule has 3 rings (SSSR count). The second-order valence-electron chi connectivity index (χ2n) is 7.99. The maximum atomic E-state index is 13.2. The van der Waals surface area contributed by atoms with E-state index in [0.717, 1.165) is 11.3 Å². The first-order valence-electron chi connectivity index (χ1n) is 11.6. The van der Waals surface area contributed by atoms with E-state index in [1.165, 1.54) is 19.3 Å². The lowest BCUT2D eigenvalue weighted by molar-refractivity contribution is -0.130. The number of amides is 4. The molecular weight excluding hydrogens is 464 g/mol. The van der Waals surface area contributed by atoms with E-state index in [1.54, 1.807) is 37.3 Å². The number of carbonyl (C=O) groups is 3. The molecule has 0 atom stereocenters. The summed E-state index contributed by atoms with van der Waals surface area (Å²) in [6.07, 6.45) is 4.17. The summed E-state index contributed by atoms with van der Waals surface area (Å²) in [5.74, 6) is -0.335. The smallest absolute Gasteiger partial charge is 0.331 e. The first-order chi connectivity index (χ1) is 17.3. The number of nitrogens with zero attached hydrogens (tertiary/aromatic N) is 1. The monoisotopic (exact) mass is 494 g/mol. The normalized spacial score (nSPS) is 14.6. The van der Waals surface area contributed by atoms with E-state index < -0.39 is 17.8 Å². The molecule has 9 heteroatoms. The van der Waals surface area contributed by atoms with Crippen LogP contribution in [0.2, 0.25) is 0 Å². The number of benzene rings is 2. The number of aromatic hydroxyl groups is 1. The van der Waals surface area contributed by atoms with Gasteiger partial charge in [0.05, 0.1) is 26.9 Å². The highest BCUT2D eigenvalue weighted by Gasteiger charge is 2.36. The zero-order valence-electron chi connectivity index (χ0n) is 20.6. The molecule has 2 aromatic rings. The molecule has 0 unspecified atom stereocenters. The van der Waals surface area contributed by atoms with Gasteiger partial charge in [0, 0.05) is 5.56 Å². The molecule has 1 saturated heterocycles. The number of phenols is 1. The van der Waals surface area contributed by atoms with E-state index in [0.29, 0.717) is 47.8 Å². The molecule has 1 aliphatic rings. The first-order valence-corrected chi connectivity index (χ1v) is 11.6. The molecule has 9 nitrogen and oxygen atoms in total. The van der Waals surface area contributed by atoms with Crippen LogP contribution in [0.4, 0.5) is 4.79 Å². The van der Waals surface area contributed by atoms with E-state index in [-0.39, 0.29) is 23.6 Å². The van der Waals surface area contributed by atoms with Gasteiger partial charge in [-0.3, -0.25) is 19.8 Å². The van der Waals surface area contributed by atoms with Gasteiger partial charge < -0.3 is 19.3 Å². The minimum absolute atomic E-state index is 0.0320. The molecule has 36 heavy (non-hydrogen) atoms. The highest BCUT2D eigenvalue weighted by Crippen LogP contribution is 2.34. The quantitative estimate of drug-likeness (QED) is 0.276. The number of allylic oxidation sites excluding steroid dienone is 1. The second-order valence-corrected chi connectivity index (χ2v) is 7.99. The first kappa shape index (κ1) is 26.3. The van der Waals surface area contributed by atoms with Gasteiger partial charge in [-0.1, -0.05) is 19.1 Å². The van der Waals surface area contributed by atoms with Gasteiger partial charge in [-0.05, 0) is 61.2 Å². The Morgan fingerprint density at radius 2 is 1.83 bits per heavy atom. The lowest BCUT2D eigenvalue weighted by atomic mass is 10.0. The third-order valence-electron chi connectivity index (χ3n) is 5.37. The molecule has 0 aromatic heterocycles. The molecular formula is C27H30N2O7. The fourth-order valence-corrected chi connectivity index (χ4v) is 3.68. The van der Waals surface area contributed by atoms with Crippen molar-refractivity contribution in [2.75, 3.05) is 20.3 Å². The van der Waals surface area contributed by atoms with Gasteiger partial charge in [-0.2, -0.15) is 0 Å². The average molecular weight is 495 g/mol. The molecule has 0 aliphatic carbocycles. The predicted octanol–water partition coefficient (Wildman–Crippen LogP) is 3.98. The zero-order chi connectivity index (χ0) is 26.2. The van der Waals surface area contributed by atoms with E-state index >= 15 is 0 Å². The molecule has 2 N–H and O–H groups in total. The Morgan fingerprint density at radius 3 is 2.50 bits per heavy atom. The summed E-state index contributed by atoms with van der Waals surface area (Å²) in [5.41, 5.74) is 1.38. The number of carbonyl (C=O) groups excluding carboxylic acids is 3. The number of imide groups is 2. The van der Waals surface area contributed by atoms with Crippen LogP contribution >= 0.6 is 0 Å². The van der Waals surface area contributed by atoms with Crippen LogP contribution in [0.3, 0.4) is 0 Å². The van der Waals surface area contributed by atoms with Crippen LogP contribution < -0.4 is 19.5 Å². The summed E-state index contributed by atoms with van der Waals surface area (Å²) >= 11 is 0. The number of hydrogen-bond donors (Lipinski definition) is 2. The van der Waals surface area contributed by atoms with Crippen molar-refractivity contribution in [3.8, 4) is 23.0 Å². The van der Waals surface area contributed by atoms with Crippen molar-refractivity contribution in [2.24, 2.45) is 0 Å². The van der Waals surface area contributed by atoms with Gasteiger partial charge in [0.2, 0.25) is 0 Å². The van der Waals surface area contributed by atoms with E-state index in [4.69, 9.17) is 14.2 Å². The van der Waals surface area contributed by atoms with Crippen molar-refractivity contribution >= 4 is 23.9 Å². The Hall–Kier alpha value is -4.27. The molecule has 190 valence electrons. The number of rotatable bonds is 11. The Bertz CT molecular complexity index is 1200. The molecule has 0 bridgehead atoms. The summed E-state index contributed by atoms with van der Waals surface area (Å²) in [6.45, 7) is 8.21. The average Bonchev–Trinajstić information content (AvgIpc) is 2.86. The van der Waals surface area contributed by atoms with E-state index in [1.807, 2.05) is 6.92 Å². The zero-order valence-corrected chi connectivity index (χ0v) is 20.6. The van der Waals surface area contributed by atoms with Gasteiger partial charge in [-0.25, -0.2) is 4.79 Å². The van der Waals surface area contributed by atoms with Crippen LogP contribution in [0.15, 0.2) is 48.6 Å². The van der Waals surface area contributed by atoms with Crippen LogP contribution in [0.1, 0.15) is 37.0 Å². The van der Waals surface area contributed by atoms with E-state index in [2.05, 4.69) is 11.9 Å². The number of barbiturate groups is 1.